The third-order valence-corrected chi connectivity index (χ3v) is 4.75. The van der Waals surface area contributed by atoms with Crippen molar-refractivity contribution in [3.05, 3.63) is 60.1 Å². The summed E-state index contributed by atoms with van der Waals surface area (Å²) >= 11 is 0. The summed E-state index contributed by atoms with van der Waals surface area (Å²) in [6.45, 7) is 2.27. The topological polar surface area (TPSA) is 72.4 Å². The van der Waals surface area contributed by atoms with E-state index < -0.39 is 0 Å². The number of hydrogen-bond acceptors (Lipinski definition) is 6. The lowest BCUT2D eigenvalue weighted by molar-refractivity contribution is -0.124. The van der Waals surface area contributed by atoms with Gasteiger partial charge in [-0.15, -0.1) is 0 Å². The zero-order valence-corrected chi connectivity index (χ0v) is 14.5. The minimum atomic E-state index is 0.0698. The average molecular weight is 351 g/mol. The smallest absolute Gasteiger partial charge is 0.293 e. The van der Waals surface area contributed by atoms with E-state index in [1.54, 1.807) is 18.4 Å². The van der Waals surface area contributed by atoms with Crippen LogP contribution >= 0.6 is 0 Å². The Morgan fingerprint density at radius 2 is 2.08 bits per heavy atom. The van der Waals surface area contributed by atoms with Gasteiger partial charge in [0.15, 0.2) is 11.6 Å². The molecular formula is C20H21N3O3. The van der Waals surface area contributed by atoms with Gasteiger partial charge < -0.3 is 8.94 Å². The van der Waals surface area contributed by atoms with Gasteiger partial charge in [-0.05, 0) is 37.1 Å². The number of hydrogen-bond donors (Lipinski definition) is 0. The Morgan fingerprint density at radius 3 is 2.88 bits per heavy atom. The fraction of sp³-hybridized carbons (Fsp3) is 0.350. The lowest BCUT2D eigenvalue weighted by Gasteiger charge is -2.31. The number of nitrogens with zero attached hydrogens (tertiary/aromatic N) is 3. The van der Waals surface area contributed by atoms with E-state index in [0.717, 1.165) is 31.5 Å². The van der Waals surface area contributed by atoms with Crippen molar-refractivity contribution in [2.75, 3.05) is 13.1 Å². The van der Waals surface area contributed by atoms with Gasteiger partial charge in [-0.25, -0.2) is 0 Å². The Hall–Kier alpha value is -2.73. The Kier molecular flexibility index (Phi) is 4.93. The normalized spacial score (nSPS) is 18.1. The van der Waals surface area contributed by atoms with E-state index in [1.807, 2.05) is 30.3 Å². The number of carbonyl (C=O) groups is 1. The van der Waals surface area contributed by atoms with Crippen LogP contribution in [0, 0.1) is 5.92 Å². The highest BCUT2D eigenvalue weighted by Crippen LogP contribution is 2.22. The molecule has 6 nitrogen and oxygen atoms in total. The molecule has 0 saturated carbocycles. The van der Waals surface area contributed by atoms with Crippen molar-refractivity contribution in [1.82, 2.24) is 15.0 Å². The van der Waals surface area contributed by atoms with Crippen LogP contribution in [-0.2, 0) is 17.8 Å². The van der Waals surface area contributed by atoms with E-state index in [2.05, 4.69) is 15.0 Å². The van der Waals surface area contributed by atoms with E-state index in [1.165, 1.54) is 0 Å². The maximum Gasteiger partial charge on any atom is 0.293 e. The van der Waals surface area contributed by atoms with Gasteiger partial charge in [-0.3, -0.25) is 9.69 Å². The number of benzene rings is 1. The zero-order valence-electron chi connectivity index (χ0n) is 14.5. The SMILES string of the molecule is O=C(Cc1ccccc1)[C@H]1CCCN(Cc2noc(-c3ccco3)n2)C1. The quantitative estimate of drug-likeness (QED) is 0.678. The molecule has 4 rings (SSSR count). The first-order chi connectivity index (χ1) is 12.8. The van der Waals surface area contributed by atoms with E-state index in [0.29, 0.717) is 36.2 Å². The first-order valence-electron chi connectivity index (χ1n) is 8.93. The third-order valence-electron chi connectivity index (χ3n) is 4.75. The van der Waals surface area contributed by atoms with E-state index in [9.17, 15) is 4.79 Å². The summed E-state index contributed by atoms with van der Waals surface area (Å²) in [6, 6.07) is 13.5. The molecule has 0 amide bonds. The summed E-state index contributed by atoms with van der Waals surface area (Å²) in [4.78, 5) is 19.3. The molecule has 0 aliphatic carbocycles. The zero-order chi connectivity index (χ0) is 17.8. The molecule has 1 saturated heterocycles. The molecule has 1 aromatic carbocycles. The molecule has 0 unspecified atom stereocenters. The lowest BCUT2D eigenvalue weighted by Crippen LogP contribution is -2.39. The highest BCUT2D eigenvalue weighted by molar-refractivity contribution is 5.83. The van der Waals surface area contributed by atoms with Crippen molar-refractivity contribution in [3.63, 3.8) is 0 Å². The number of likely N-dealkylation sites (tertiary alicyclic amines) is 1. The van der Waals surface area contributed by atoms with Crippen LogP contribution in [0.4, 0.5) is 0 Å². The molecule has 3 aromatic rings. The van der Waals surface area contributed by atoms with Gasteiger partial charge in [-0.2, -0.15) is 4.98 Å². The summed E-state index contributed by atoms with van der Waals surface area (Å²) in [7, 11) is 0. The predicted molar refractivity (Wildman–Crippen MR) is 95.2 cm³/mol. The number of ketones is 1. The van der Waals surface area contributed by atoms with Crippen molar-refractivity contribution in [2.24, 2.45) is 5.92 Å². The summed E-state index contributed by atoms with van der Waals surface area (Å²) in [5, 5.41) is 4.03. The molecule has 0 radical (unpaired) electrons. The van der Waals surface area contributed by atoms with Gasteiger partial charge >= 0.3 is 0 Å². The summed E-state index contributed by atoms with van der Waals surface area (Å²) < 4.78 is 10.5. The largest absolute Gasteiger partial charge is 0.459 e. The molecule has 3 heterocycles. The Bertz CT molecular complexity index is 842. The van der Waals surface area contributed by atoms with Crippen LogP contribution in [0.3, 0.4) is 0 Å². The maximum absolute atomic E-state index is 12.6. The number of aromatic nitrogens is 2. The van der Waals surface area contributed by atoms with Crippen LogP contribution in [0.25, 0.3) is 11.7 Å². The molecule has 1 atom stereocenters. The molecule has 1 aliphatic heterocycles. The molecule has 1 aliphatic rings. The highest BCUT2D eigenvalue weighted by atomic mass is 16.5. The Labute approximate surface area is 151 Å². The third kappa shape index (κ3) is 3.91. The fourth-order valence-corrected chi connectivity index (χ4v) is 3.42. The molecule has 6 heteroatoms. The minimum Gasteiger partial charge on any atom is -0.459 e. The molecule has 1 fully saturated rings. The number of carbonyl (C=O) groups excluding carboxylic acids is 1. The van der Waals surface area contributed by atoms with Gasteiger partial charge in [0, 0.05) is 18.9 Å². The van der Waals surface area contributed by atoms with Crippen molar-refractivity contribution in [2.45, 2.75) is 25.8 Å². The highest BCUT2D eigenvalue weighted by Gasteiger charge is 2.26. The van der Waals surface area contributed by atoms with Crippen LogP contribution in [0.15, 0.2) is 57.7 Å². The number of Topliss-reactive ketones (excluding diaryl/α,β-unsaturated/α-hetero) is 1. The molecule has 0 N–H and O–H groups in total. The van der Waals surface area contributed by atoms with Crippen LogP contribution in [0.1, 0.15) is 24.2 Å². The van der Waals surface area contributed by atoms with Crippen LogP contribution in [-0.4, -0.2) is 33.9 Å². The van der Waals surface area contributed by atoms with Crippen molar-refractivity contribution < 1.29 is 13.7 Å². The monoisotopic (exact) mass is 351 g/mol. The van der Waals surface area contributed by atoms with E-state index in [-0.39, 0.29) is 5.92 Å². The Morgan fingerprint density at radius 1 is 1.19 bits per heavy atom. The van der Waals surface area contributed by atoms with Crippen LogP contribution < -0.4 is 0 Å². The number of furan rings is 1. The van der Waals surface area contributed by atoms with Gasteiger partial charge in [0.2, 0.25) is 0 Å². The first-order valence-corrected chi connectivity index (χ1v) is 8.93. The molecule has 0 bridgehead atoms. The minimum absolute atomic E-state index is 0.0698. The molecule has 134 valence electrons. The Balaban J connectivity index is 1.35. The molecule has 2 aromatic heterocycles. The predicted octanol–water partition coefficient (Wildman–Crippen LogP) is 3.35. The van der Waals surface area contributed by atoms with Crippen molar-refractivity contribution in [1.29, 1.82) is 0 Å². The number of rotatable bonds is 6. The first kappa shape index (κ1) is 16.7. The second-order valence-corrected chi connectivity index (χ2v) is 6.70. The summed E-state index contributed by atoms with van der Waals surface area (Å²) in [5.41, 5.74) is 1.08. The molecule has 0 spiro atoms. The van der Waals surface area contributed by atoms with E-state index in [4.69, 9.17) is 8.94 Å². The lowest BCUT2D eigenvalue weighted by atomic mass is 9.90. The second-order valence-electron chi connectivity index (χ2n) is 6.70. The van der Waals surface area contributed by atoms with Gasteiger partial charge in [0.25, 0.3) is 5.89 Å². The summed E-state index contributed by atoms with van der Waals surface area (Å²) in [6.07, 6.45) is 4.04. The van der Waals surface area contributed by atoms with Crippen molar-refractivity contribution in [3.8, 4) is 11.7 Å². The standard InChI is InChI=1S/C20H21N3O3/c24-17(12-15-6-2-1-3-7-15)16-8-4-10-23(13-16)14-19-21-20(26-22-19)18-9-5-11-25-18/h1-3,5-7,9,11,16H,4,8,10,12-14H2/t16-/m0/s1. The summed E-state index contributed by atoms with van der Waals surface area (Å²) in [5.74, 6) is 1.95. The van der Waals surface area contributed by atoms with Crippen LogP contribution in [0.5, 0.6) is 0 Å². The van der Waals surface area contributed by atoms with Gasteiger partial charge in [-0.1, -0.05) is 35.5 Å². The molecule has 26 heavy (non-hydrogen) atoms. The van der Waals surface area contributed by atoms with E-state index >= 15 is 0 Å². The van der Waals surface area contributed by atoms with Crippen molar-refractivity contribution >= 4 is 5.78 Å². The molecular weight excluding hydrogens is 330 g/mol. The maximum atomic E-state index is 12.6. The van der Waals surface area contributed by atoms with Gasteiger partial charge in [0.1, 0.15) is 5.78 Å². The second kappa shape index (κ2) is 7.66. The average Bonchev–Trinajstić information content (AvgIpc) is 3.34. The van der Waals surface area contributed by atoms with Crippen LogP contribution in [0.2, 0.25) is 0 Å². The fourth-order valence-electron chi connectivity index (χ4n) is 3.42. The van der Waals surface area contributed by atoms with Gasteiger partial charge in [0.05, 0.1) is 12.8 Å². The number of piperidine rings is 1.